The van der Waals surface area contributed by atoms with Gasteiger partial charge in [-0.05, 0) is 54.3 Å². The van der Waals surface area contributed by atoms with E-state index in [-0.39, 0.29) is 18.4 Å². The minimum absolute atomic E-state index is 0.140. The molecule has 186 valence electrons. The summed E-state index contributed by atoms with van der Waals surface area (Å²) in [6, 6.07) is 12.9. The van der Waals surface area contributed by atoms with Gasteiger partial charge in [-0.15, -0.1) is 0 Å². The number of rotatable bonds is 11. The van der Waals surface area contributed by atoms with Gasteiger partial charge < -0.3 is 10.2 Å². The highest BCUT2D eigenvalue weighted by Crippen LogP contribution is 2.22. The van der Waals surface area contributed by atoms with Gasteiger partial charge in [0.15, 0.2) is 0 Å². The normalized spacial score (nSPS) is 12.3. The van der Waals surface area contributed by atoms with Gasteiger partial charge >= 0.3 is 0 Å². The molecule has 34 heavy (non-hydrogen) atoms. The standard InChI is InChI=1S/C24H31BrClN3O4S/c1-5-22(24(31)27-14-17(2)3)28(15-18-6-10-20(26)11-7-18)23(30)16-29(34(4,32)33)21-12-8-19(25)9-13-21/h6-13,17,22H,5,14-16H2,1-4H3,(H,27,31). The molecule has 0 spiro atoms. The minimum atomic E-state index is -3.76. The van der Waals surface area contributed by atoms with Crippen LogP contribution in [0.5, 0.6) is 0 Å². The van der Waals surface area contributed by atoms with Crippen molar-refractivity contribution in [3.8, 4) is 0 Å². The van der Waals surface area contributed by atoms with Crippen molar-refractivity contribution in [3.63, 3.8) is 0 Å². The molecular formula is C24H31BrClN3O4S. The molecule has 1 unspecified atom stereocenters. The van der Waals surface area contributed by atoms with Crippen molar-refractivity contribution in [1.82, 2.24) is 10.2 Å². The molecule has 2 amide bonds. The Kier molecular flexibility index (Phi) is 10.4. The summed E-state index contributed by atoms with van der Waals surface area (Å²) in [6.07, 6.45) is 1.43. The fraction of sp³-hybridized carbons (Fsp3) is 0.417. The van der Waals surface area contributed by atoms with E-state index in [1.807, 2.05) is 20.8 Å². The third kappa shape index (κ3) is 8.29. The zero-order valence-corrected chi connectivity index (χ0v) is 23.0. The topological polar surface area (TPSA) is 86.8 Å². The van der Waals surface area contributed by atoms with E-state index in [2.05, 4.69) is 21.2 Å². The number of carbonyl (C=O) groups excluding carboxylic acids is 2. The second kappa shape index (κ2) is 12.6. The molecule has 2 rings (SSSR count). The molecule has 0 fully saturated rings. The molecule has 2 aromatic rings. The van der Waals surface area contributed by atoms with E-state index in [9.17, 15) is 18.0 Å². The van der Waals surface area contributed by atoms with Gasteiger partial charge in [0.1, 0.15) is 12.6 Å². The Hall–Kier alpha value is -2.10. The van der Waals surface area contributed by atoms with Crippen LogP contribution in [0.2, 0.25) is 5.02 Å². The summed E-state index contributed by atoms with van der Waals surface area (Å²) in [7, 11) is -3.76. The van der Waals surface area contributed by atoms with Crippen LogP contribution in [-0.2, 0) is 26.2 Å². The average molecular weight is 573 g/mol. The van der Waals surface area contributed by atoms with E-state index in [1.165, 1.54) is 4.90 Å². The lowest BCUT2D eigenvalue weighted by atomic mass is 10.1. The first-order valence-electron chi connectivity index (χ1n) is 11.0. The van der Waals surface area contributed by atoms with Crippen LogP contribution >= 0.6 is 27.5 Å². The summed E-state index contributed by atoms with van der Waals surface area (Å²) in [6.45, 7) is 5.99. The fourth-order valence-corrected chi connectivity index (χ4v) is 4.59. The van der Waals surface area contributed by atoms with Crippen molar-refractivity contribution in [2.24, 2.45) is 5.92 Å². The number of halogens is 2. The first-order valence-corrected chi connectivity index (χ1v) is 14.0. The minimum Gasteiger partial charge on any atom is -0.354 e. The predicted molar refractivity (Wildman–Crippen MR) is 140 cm³/mol. The lowest BCUT2D eigenvalue weighted by Gasteiger charge is -2.33. The molecule has 0 aliphatic carbocycles. The Balaban J connectivity index is 2.39. The van der Waals surface area contributed by atoms with E-state index in [0.717, 1.165) is 20.6 Å². The molecule has 0 saturated carbocycles. The van der Waals surface area contributed by atoms with Crippen LogP contribution in [0.1, 0.15) is 32.8 Å². The highest BCUT2D eigenvalue weighted by atomic mass is 79.9. The lowest BCUT2D eigenvalue weighted by Crippen LogP contribution is -2.52. The van der Waals surface area contributed by atoms with Crippen molar-refractivity contribution in [3.05, 3.63) is 63.6 Å². The fourth-order valence-electron chi connectivity index (χ4n) is 3.35. The first kappa shape index (κ1) is 28.1. The molecular weight excluding hydrogens is 542 g/mol. The van der Waals surface area contributed by atoms with Crippen LogP contribution in [0.4, 0.5) is 5.69 Å². The summed E-state index contributed by atoms with van der Waals surface area (Å²) in [5.41, 5.74) is 1.14. The molecule has 1 atom stereocenters. The van der Waals surface area contributed by atoms with Gasteiger partial charge in [0.05, 0.1) is 11.9 Å². The van der Waals surface area contributed by atoms with E-state index >= 15 is 0 Å². The van der Waals surface area contributed by atoms with Crippen LogP contribution in [0.3, 0.4) is 0 Å². The molecule has 0 saturated heterocycles. The van der Waals surface area contributed by atoms with Gasteiger partial charge in [-0.3, -0.25) is 13.9 Å². The predicted octanol–water partition coefficient (Wildman–Crippen LogP) is 4.45. The Morgan fingerprint density at radius 1 is 1.06 bits per heavy atom. The number of benzene rings is 2. The average Bonchev–Trinajstić information content (AvgIpc) is 2.77. The zero-order valence-electron chi connectivity index (χ0n) is 19.8. The van der Waals surface area contributed by atoms with Gasteiger partial charge in [-0.1, -0.05) is 60.4 Å². The van der Waals surface area contributed by atoms with E-state index in [0.29, 0.717) is 23.7 Å². The summed E-state index contributed by atoms with van der Waals surface area (Å²) in [5.74, 6) is -0.497. The number of hydrogen-bond donors (Lipinski definition) is 1. The quantitative estimate of drug-likeness (QED) is 0.431. The third-order valence-corrected chi connectivity index (χ3v) is 7.05. The van der Waals surface area contributed by atoms with Gasteiger partial charge in [-0.2, -0.15) is 0 Å². The largest absolute Gasteiger partial charge is 0.354 e. The highest BCUT2D eigenvalue weighted by Gasteiger charge is 2.31. The number of anilines is 1. The monoisotopic (exact) mass is 571 g/mol. The van der Waals surface area contributed by atoms with Gasteiger partial charge in [0, 0.05) is 22.6 Å². The van der Waals surface area contributed by atoms with E-state index in [4.69, 9.17) is 11.6 Å². The molecule has 1 N–H and O–H groups in total. The Bertz CT molecular complexity index is 1080. The molecule has 0 heterocycles. The smallest absolute Gasteiger partial charge is 0.244 e. The molecule has 2 aromatic carbocycles. The number of carbonyl (C=O) groups is 2. The second-order valence-corrected chi connectivity index (χ2v) is 11.7. The number of sulfonamides is 1. The molecule has 0 bridgehead atoms. The first-order chi connectivity index (χ1) is 15.9. The van der Waals surface area contributed by atoms with Gasteiger partial charge in [0.2, 0.25) is 21.8 Å². The Morgan fingerprint density at radius 3 is 2.15 bits per heavy atom. The number of hydrogen-bond acceptors (Lipinski definition) is 4. The van der Waals surface area contributed by atoms with Crippen molar-refractivity contribution < 1.29 is 18.0 Å². The van der Waals surface area contributed by atoms with Crippen LogP contribution in [0.15, 0.2) is 53.0 Å². The third-order valence-electron chi connectivity index (χ3n) is 5.13. The lowest BCUT2D eigenvalue weighted by molar-refractivity contribution is -0.140. The summed E-state index contributed by atoms with van der Waals surface area (Å²) >= 11 is 9.33. The molecule has 10 heteroatoms. The van der Waals surface area contributed by atoms with Crippen molar-refractivity contribution in [1.29, 1.82) is 0 Å². The maximum Gasteiger partial charge on any atom is 0.244 e. The molecule has 0 aliphatic rings. The second-order valence-electron chi connectivity index (χ2n) is 8.46. The Morgan fingerprint density at radius 2 is 1.65 bits per heavy atom. The number of amides is 2. The number of nitrogens with zero attached hydrogens (tertiary/aromatic N) is 2. The molecule has 0 radical (unpaired) electrons. The molecule has 7 nitrogen and oxygen atoms in total. The maximum atomic E-state index is 13.6. The SMILES string of the molecule is CCC(C(=O)NCC(C)C)N(Cc1ccc(Cl)cc1)C(=O)CN(c1ccc(Br)cc1)S(C)(=O)=O. The van der Waals surface area contributed by atoms with Gasteiger partial charge in [0.25, 0.3) is 0 Å². The van der Waals surface area contributed by atoms with Crippen LogP contribution in [0, 0.1) is 5.92 Å². The van der Waals surface area contributed by atoms with Crippen molar-refractivity contribution in [2.75, 3.05) is 23.7 Å². The Labute approximate surface area is 215 Å². The molecule has 0 aliphatic heterocycles. The van der Waals surface area contributed by atoms with E-state index < -0.39 is 28.5 Å². The number of nitrogens with one attached hydrogen (secondary N) is 1. The van der Waals surface area contributed by atoms with Crippen LogP contribution < -0.4 is 9.62 Å². The highest BCUT2D eigenvalue weighted by molar-refractivity contribution is 9.10. The van der Waals surface area contributed by atoms with E-state index in [1.54, 1.807) is 48.5 Å². The van der Waals surface area contributed by atoms with Crippen LogP contribution in [-0.4, -0.2) is 50.5 Å². The van der Waals surface area contributed by atoms with Crippen molar-refractivity contribution >= 4 is 55.1 Å². The molecule has 0 aromatic heterocycles. The summed E-state index contributed by atoms with van der Waals surface area (Å²) in [4.78, 5) is 28.0. The van der Waals surface area contributed by atoms with Crippen LogP contribution in [0.25, 0.3) is 0 Å². The zero-order chi connectivity index (χ0) is 25.5. The summed E-state index contributed by atoms with van der Waals surface area (Å²) in [5, 5.41) is 3.45. The maximum absolute atomic E-state index is 13.6. The summed E-state index contributed by atoms with van der Waals surface area (Å²) < 4.78 is 27.0. The van der Waals surface area contributed by atoms with Gasteiger partial charge in [-0.25, -0.2) is 8.42 Å². The van der Waals surface area contributed by atoms with Crippen molar-refractivity contribution in [2.45, 2.75) is 39.8 Å².